The second kappa shape index (κ2) is 4.24. The van der Waals surface area contributed by atoms with Crippen LogP contribution in [0.2, 0.25) is 0 Å². The topological polar surface area (TPSA) is 18.5 Å². The van der Waals surface area contributed by atoms with Crippen LogP contribution < -0.4 is 0 Å². The lowest BCUT2D eigenvalue weighted by Gasteiger charge is -2.32. The molecule has 1 aromatic rings. The average molecular weight is 282 g/mol. The van der Waals surface area contributed by atoms with Crippen molar-refractivity contribution >= 4 is 12.6 Å². The predicted octanol–water partition coefficient (Wildman–Crippen LogP) is 4.13. The standard InChI is InChI=1S/C18H23BO2/c1-17(2)18(3,4)21-19(20-17)15-11-10-13-9-8-12-6-5-7-14(15)16(12)13/h5-7,11,13H,8-10H2,1-4H3. The van der Waals surface area contributed by atoms with Crippen molar-refractivity contribution in [2.75, 3.05) is 0 Å². The van der Waals surface area contributed by atoms with E-state index in [1.807, 2.05) is 0 Å². The van der Waals surface area contributed by atoms with E-state index in [1.165, 1.54) is 29.4 Å². The van der Waals surface area contributed by atoms with E-state index < -0.39 is 0 Å². The molecule has 3 aliphatic rings. The van der Waals surface area contributed by atoms with Gasteiger partial charge in [-0.25, -0.2) is 0 Å². The first kappa shape index (κ1) is 13.6. The van der Waals surface area contributed by atoms with E-state index >= 15 is 0 Å². The van der Waals surface area contributed by atoms with Gasteiger partial charge in [0.1, 0.15) is 0 Å². The molecule has 0 saturated carbocycles. The Morgan fingerprint density at radius 3 is 2.52 bits per heavy atom. The van der Waals surface area contributed by atoms with Crippen LogP contribution in [-0.2, 0) is 15.7 Å². The predicted molar refractivity (Wildman–Crippen MR) is 86.2 cm³/mol. The third-order valence-corrected chi connectivity index (χ3v) is 5.81. The summed E-state index contributed by atoms with van der Waals surface area (Å²) in [6.07, 6.45) is 5.99. The maximum atomic E-state index is 6.27. The van der Waals surface area contributed by atoms with Crippen LogP contribution in [0.5, 0.6) is 0 Å². The van der Waals surface area contributed by atoms with Crippen molar-refractivity contribution < 1.29 is 9.31 Å². The molecule has 0 spiro atoms. The summed E-state index contributed by atoms with van der Waals surface area (Å²) in [7, 11) is -0.233. The molecule has 4 rings (SSSR count). The smallest absolute Gasteiger partial charge is 0.399 e. The fourth-order valence-corrected chi connectivity index (χ4v) is 3.85. The summed E-state index contributed by atoms with van der Waals surface area (Å²) in [4.78, 5) is 0. The minimum atomic E-state index is -0.271. The molecule has 1 aromatic carbocycles. The summed E-state index contributed by atoms with van der Waals surface area (Å²) < 4.78 is 12.5. The highest BCUT2D eigenvalue weighted by atomic mass is 16.7. The Kier molecular flexibility index (Phi) is 2.74. The Labute approximate surface area is 127 Å². The van der Waals surface area contributed by atoms with Crippen molar-refractivity contribution in [2.24, 2.45) is 0 Å². The molecule has 21 heavy (non-hydrogen) atoms. The van der Waals surface area contributed by atoms with Crippen molar-refractivity contribution in [2.45, 2.75) is 64.1 Å². The molecule has 1 heterocycles. The molecule has 1 aliphatic heterocycles. The molecule has 3 heteroatoms. The fourth-order valence-electron chi connectivity index (χ4n) is 3.85. The molecule has 0 amide bonds. The monoisotopic (exact) mass is 282 g/mol. The van der Waals surface area contributed by atoms with Crippen LogP contribution in [0, 0.1) is 0 Å². The number of aryl methyl sites for hydroxylation is 1. The van der Waals surface area contributed by atoms with Gasteiger partial charge in [0.15, 0.2) is 0 Å². The largest absolute Gasteiger partial charge is 0.495 e. The molecule has 0 bridgehead atoms. The summed E-state index contributed by atoms with van der Waals surface area (Å²) in [5, 5.41) is 0. The quantitative estimate of drug-likeness (QED) is 0.721. The molecule has 0 aromatic heterocycles. The van der Waals surface area contributed by atoms with Crippen LogP contribution in [0.4, 0.5) is 0 Å². The van der Waals surface area contributed by atoms with E-state index in [9.17, 15) is 0 Å². The van der Waals surface area contributed by atoms with Gasteiger partial charge in [0, 0.05) is 0 Å². The van der Waals surface area contributed by atoms with E-state index in [0.717, 1.165) is 6.42 Å². The van der Waals surface area contributed by atoms with Gasteiger partial charge < -0.3 is 9.31 Å². The molecule has 110 valence electrons. The normalized spacial score (nSPS) is 28.5. The highest BCUT2D eigenvalue weighted by Gasteiger charge is 2.53. The van der Waals surface area contributed by atoms with Gasteiger partial charge in [-0.15, -0.1) is 0 Å². The number of hydrogen-bond acceptors (Lipinski definition) is 2. The first-order valence-corrected chi connectivity index (χ1v) is 8.07. The van der Waals surface area contributed by atoms with Gasteiger partial charge >= 0.3 is 7.12 Å². The summed E-state index contributed by atoms with van der Waals surface area (Å²) in [5.74, 6) is 0.711. The summed E-state index contributed by atoms with van der Waals surface area (Å²) in [5.41, 5.74) is 5.15. The molecule has 1 unspecified atom stereocenters. The van der Waals surface area contributed by atoms with Gasteiger partial charge in [-0.05, 0) is 75.0 Å². The summed E-state index contributed by atoms with van der Waals surface area (Å²) in [6.45, 7) is 8.48. The Hall–Kier alpha value is -1.06. The van der Waals surface area contributed by atoms with Crippen LogP contribution >= 0.6 is 0 Å². The van der Waals surface area contributed by atoms with Crippen LogP contribution in [0.1, 0.15) is 63.1 Å². The molecule has 2 aliphatic carbocycles. The maximum Gasteiger partial charge on any atom is 0.495 e. The zero-order valence-electron chi connectivity index (χ0n) is 13.4. The lowest BCUT2D eigenvalue weighted by atomic mass is 9.68. The van der Waals surface area contributed by atoms with Gasteiger partial charge in [-0.2, -0.15) is 0 Å². The minimum absolute atomic E-state index is 0.233. The fraction of sp³-hybridized carbons (Fsp3) is 0.556. The van der Waals surface area contributed by atoms with Crippen LogP contribution in [-0.4, -0.2) is 18.3 Å². The molecule has 1 saturated heterocycles. The molecule has 0 radical (unpaired) electrons. The van der Waals surface area contributed by atoms with Crippen molar-refractivity contribution in [3.8, 4) is 0 Å². The minimum Gasteiger partial charge on any atom is -0.399 e. The van der Waals surface area contributed by atoms with Crippen LogP contribution in [0.25, 0.3) is 5.47 Å². The lowest BCUT2D eigenvalue weighted by molar-refractivity contribution is 0.00578. The SMILES string of the molecule is CC1(C)OB(C2=CCC3CCc4cccc2c43)OC1(C)C. The Morgan fingerprint density at radius 2 is 1.81 bits per heavy atom. The van der Waals surface area contributed by atoms with Crippen molar-refractivity contribution in [1.82, 2.24) is 0 Å². The van der Waals surface area contributed by atoms with Gasteiger partial charge in [0.2, 0.25) is 0 Å². The van der Waals surface area contributed by atoms with Crippen LogP contribution in [0.3, 0.4) is 0 Å². The van der Waals surface area contributed by atoms with Gasteiger partial charge in [0.05, 0.1) is 11.2 Å². The molecular weight excluding hydrogens is 259 g/mol. The number of rotatable bonds is 1. The van der Waals surface area contributed by atoms with E-state index in [-0.39, 0.29) is 18.3 Å². The zero-order chi connectivity index (χ0) is 14.8. The first-order valence-electron chi connectivity index (χ1n) is 8.07. The third-order valence-electron chi connectivity index (χ3n) is 5.81. The molecule has 1 atom stereocenters. The van der Waals surface area contributed by atoms with E-state index in [1.54, 1.807) is 5.56 Å². The average Bonchev–Trinajstić information content (AvgIpc) is 2.91. The summed E-state index contributed by atoms with van der Waals surface area (Å²) in [6, 6.07) is 6.71. The van der Waals surface area contributed by atoms with E-state index in [4.69, 9.17) is 9.31 Å². The number of allylic oxidation sites excluding steroid dienone is 1. The Bertz CT molecular complexity index is 614. The van der Waals surface area contributed by atoms with Crippen molar-refractivity contribution in [1.29, 1.82) is 0 Å². The highest BCUT2D eigenvalue weighted by Crippen LogP contribution is 2.47. The van der Waals surface area contributed by atoms with E-state index in [2.05, 4.69) is 52.0 Å². The lowest BCUT2D eigenvalue weighted by Crippen LogP contribution is -2.41. The zero-order valence-corrected chi connectivity index (χ0v) is 13.4. The Morgan fingerprint density at radius 1 is 1.10 bits per heavy atom. The van der Waals surface area contributed by atoms with Gasteiger partial charge in [-0.1, -0.05) is 24.3 Å². The molecular formula is C18H23BO2. The van der Waals surface area contributed by atoms with Crippen LogP contribution in [0.15, 0.2) is 24.3 Å². The third kappa shape index (κ3) is 1.87. The van der Waals surface area contributed by atoms with Crippen molar-refractivity contribution in [3.63, 3.8) is 0 Å². The second-order valence-corrected chi connectivity index (χ2v) is 7.60. The van der Waals surface area contributed by atoms with E-state index in [0.29, 0.717) is 5.92 Å². The maximum absolute atomic E-state index is 6.27. The molecule has 2 nitrogen and oxygen atoms in total. The summed E-state index contributed by atoms with van der Waals surface area (Å²) >= 11 is 0. The van der Waals surface area contributed by atoms with Gasteiger partial charge in [-0.3, -0.25) is 0 Å². The number of hydrogen-bond donors (Lipinski definition) is 0. The highest BCUT2D eigenvalue weighted by molar-refractivity contribution is 6.69. The Balaban J connectivity index is 1.75. The molecule has 0 N–H and O–H groups in total. The second-order valence-electron chi connectivity index (χ2n) is 7.60. The molecule has 1 fully saturated rings. The van der Waals surface area contributed by atoms with Crippen molar-refractivity contribution in [3.05, 3.63) is 41.0 Å². The van der Waals surface area contributed by atoms with Gasteiger partial charge in [0.25, 0.3) is 0 Å². The first-order chi connectivity index (χ1) is 9.89. The number of benzene rings is 1.